The van der Waals surface area contributed by atoms with Gasteiger partial charge in [-0.25, -0.2) is 4.98 Å². The number of benzene rings is 1. The number of aromatic nitrogens is 1. The smallest absolute Gasteiger partial charge is 0.242 e. The van der Waals surface area contributed by atoms with E-state index in [4.69, 9.17) is 10.5 Å². The molecule has 0 radical (unpaired) electrons. The molecule has 2 aromatic rings. The molecule has 0 aliphatic carbocycles. The molecular formula is C13H17N3O2S. The van der Waals surface area contributed by atoms with E-state index in [-0.39, 0.29) is 0 Å². The topological polar surface area (TPSA) is 77.2 Å². The number of rotatable bonds is 5. The maximum atomic E-state index is 11.3. The number of hydrogen-bond acceptors (Lipinski definition) is 5. The molecule has 0 saturated carbocycles. The number of ether oxygens (including phenoxy) is 1. The highest BCUT2D eigenvalue weighted by Gasteiger charge is 2.25. The van der Waals surface area contributed by atoms with Crippen molar-refractivity contribution in [2.45, 2.75) is 26.3 Å². The third-order valence-electron chi connectivity index (χ3n) is 2.71. The molecular weight excluding hydrogens is 262 g/mol. The number of carbonyl (C=O) groups excluding carboxylic acids is 1. The minimum atomic E-state index is -0.823. The van der Waals surface area contributed by atoms with Gasteiger partial charge in [-0.1, -0.05) is 11.3 Å². The summed E-state index contributed by atoms with van der Waals surface area (Å²) in [6.07, 6.45) is 0. The highest BCUT2D eigenvalue weighted by Crippen LogP contribution is 2.30. The number of hydrogen-bond donors (Lipinski definition) is 2. The maximum absolute atomic E-state index is 11.3. The van der Waals surface area contributed by atoms with Crippen LogP contribution in [0.2, 0.25) is 0 Å². The third kappa shape index (κ3) is 2.96. The van der Waals surface area contributed by atoms with Crippen molar-refractivity contribution in [2.75, 3.05) is 11.9 Å². The van der Waals surface area contributed by atoms with Gasteiger partial charge in [0, 0.05) is 0 Å². The minimum Gasteiger partial charge on any atom is -0.494 e. The van der Waals surface area contributed by atoms with Gasteiger partial charge in [-0.15, -0.1) is 0 Å². The molecule has 19 heavy (non-hydrogen) atoms. The van der Waals surface area contributed by atoms with Crippen LogP contribution in [-0.2, 0) is 4.79 Å². The van der Waals surface area contributed by atoms with Crippen LogP contribution in [0.3, 0.4) is 0 Å². The lowest BCUT2D eigenvalue weighted by Gasteiger charge is -2.21. The van der Waals surface area contributed by atoms with Crippen LogP contribution in [0.15, 0.2) is 18.2 Å². The number of carbonyl (C=O) groups is 1. The third-order valence-corrected chi connectivity index (χ3v) is 3.64. The largest absolute Gasteiger partial charge is 0.494 e. The summed E-state index contributed by atoms with van der Waals surface area (Å²) in [5.74, 6) is 0.404. The number of anilines is 1. The summed E-state index contributed by atoms with van der Waals surface area (Å²) in [5, 5.41) is 3.72. The first-order valence-electron chi connectivity index (χ1n) is 6.04. The van der Waals surface area contributed by atoms with Gasteiger partial charge in [0.2, 0.25) is 5.91 Å². The van der Waals surface area contributed by atoms with Crippen molar-refractivity contribution >= 4 is 32.6 Å². The Morgan fingerprint density at radius 3 is 2.89 bits per heavy atom. The number of nitrogens with zero attached hydrogens (tertiary/aromatic N) is 1. The van der Waals surface area contributed by atoms with Crippen LogP contribution in [0.1, 0.15) is 20.8 Å². The van der Waals surface area contributed by atoms with Gasteiger partial charge in [-0.05, 0) is 39.0 Å². The molecule has 0 spiro atoms. The van der Waals surface area contributed by atoms with E-state index in [1.54, 1.807) is 13.8 Å². The Balaban J connectivity index is 2.29. The molecule has 0 fully saturated rings. The lowest BCUT2D eigenvalue weighted by molar-refractivity contribution is -0.121. The van der Waals surface area contributed by atoms with E-state index in [0.717, 1.165) is 16.0 Å². The van der Waals surface area contributed by atoms with E-state index in [1.165, 1.54) is 11.3 Å². The number of fused-ring (bicyclic) bond motifs is 1. The van der Waals surface area contributed by atoms with Crippen LogP contribution in [0.5, 0.6) is 5.75 Å². The van der Waals surface area contributed by atoms with Gasteiger partial charge in [0.1, 0.15) is 11.3 Å². The summed E-state index contributed by atoms with van der Waals surface area (Å²) >= 11 is 1.47. The highest BCUT2D eigenvalue weighted by atomic mass is 32.1. The lowest BCUT2D eigenvalue weighted by atomic mass is 10.1. The van der Waals surface area contributed by atoms with Gasteiger partial charge in [-0.3, -0.25) is 4.79 Å². The van der Waals surface area contributed by atoms with Crippen LogP contribution in [0, 0.1) is 0 Å². The highest BCUT2D eigenvalue weighted by molar-refractivity contribution is 7.22. The van der Waals surface area contributed by atoms with Crippen molar-refractivity contribution in [1.82, 2.24) is 4.98 Å². The first kappa shape index (κ1) is 13.6. The zero-order valence-corrected chi connectivity index (χ0v) is 12.0. The Morgan fingerprint density at radius 2 is 2.26 bits per heavy atom. The fraction of sp³-hybridized carbons (Fsp3) is 0.385. The molecule has 1 heterocycles. The van der Waals surface area contributed by atoms with E-state index >= 15 is 0 Å². The van der Waals surface area contributed by atoms with Crippen molar-refractivity contribution in [3.63, 3.8) is 0 Å². The first-order chi connectivity index (χ1) is 8.92. The van der Waals surface area contributed by atoms with E-state index in [0.29, 0.717) is 11.7 Å². The van der Waals surface area contributed by atoms with E-state index < -0.39 is 11.4 Å². The molecule has 102 valence electrons. The standard InChI is InChI=1S/C13H17N3O2S/c1-4-18-8-5-6-9-10(7-8)19-12(15-9)16-13(2,3)11(14)17/h5-7H,4H2,1-3H3,(H2,14,17)(H,15,16). The average molecular weight is 279 g/mol. The number of amides is 1. The summed E-state index contributed by atoms with van der Waals surface area (Å²) in [7, 11) is 0. The molecule has 5 nitrogen and oxygen atoms in total. The van der Waals surface area contributed by atoms with Gasteiger partial charge in [0.15, 0.2) is 5.13 Å². The monoisotopic (exact) mass is 279 g/mol. The molecule has 2 rings (SSSR count). The SMILES string of the molecule is CCOc1ccc2nc(NC(C)(C)C(N)=O)sc2c1. The molecule has 0 unspecified atom stereocenters. The van der Waals surface area contributed by atoms with Crippen LogP contribution in [-0.4, -0.2) is 23.0 Å². The molecule has 1 aromatic carbocycles. The lowest BCUT2D eigenvalue weighted by Crippen LogP contribution is -2.44. The molecule has 1 aromatic heterocycles. The number of primary amides is 1. The molecule has 0 saturated heterocycles. The van der Waals surface area contributed by atoms with Crippen LogP contribution in [0.4, 0.5) is 5.13 Å². The Bertz CT molecular complexity index is 607. The van der Waals surface area contributed by atoms with Gasteiger partial charge < -0.3 is 15.8 Å². The second-order valence-corrected chi connectivity index (χ2v) is 5.73. The zero-order valence-electron chi connectivity index (χ0n) is 11.2. The zero-order chi connectivity index (χ0) is 14.0. The fourth-order valence-electron chi connectivity index (χ4n) is 1.54. The summed E-state index contributed by atoms with van der Waals surface area (Å²) < 4.78 is 6.45. The van der Waals surface area contributed by atoms with Gasteiger partial charge in [-0.2, -0.15) is 0 Å². The summed E-state index contributed by atoms with van der Waals surface area (Å²) in [4.78, 5) is 15.7. The minimum absolute atomic E-state index is 0.415. The van der Waals surface area contributed by atoms with Crippen molar-refractivity contribution in [1.29, 1.82) is 0 Å². The number of nitrogens with one attached hydrogen (secondary N) is 1. The molecule has 1 amide bonds. The predicted molar refractivity (Wildman–Crippen MR) is 77.7 cm³/mol. The van der Waals surface area contributed by atoms with Crippen LogP contribution < -0.4 is 15.8 Å². The summed E-state index contributed by atoms with van der Waals surface area (Å²) in [6, 6.07) is 5.73. The second-order valence-electron chi connectivity index (χ2n) is 4.70. The fourth-order valence-corrected chi connectivity index (χ4v) is 2.60. The van der Waals surface area contributed by atoms with E-state index in [1.807, 2.05) is 25.1 Å². The summed E-state index contributed by atoms with van der Waals surface area (Å²) in [5.41, 5.74) is 5.38. The number of thiazole rings is 1. The molecule has 0 aliphatic rings. The van der Waals surface area contributed by atoms with E-state index in [2.05, 4.69) is 10.3 Å². The van der Waals surface area contributed by atoms with Crippen molar-refractivity contribution in [3.05, 3.63) is 18.2 Å². The van der Waals surface area contributed by atoms with Crippen molar-refractivity contribution in [3.8, 4) is 5.75 Å². The summed E-state index contributed by atoms with van der Waals surface area (Å²) in [6.45, 7) is 6.03. The molecule has 0 aliphatic heterocycles. The normalized spacial score (nSPS) is 11.5. The second kappa shape index (κ2) is 5.05. The number of nitrogens with two attached hydrogens (primary N) is 1. The average Bonchev–Trinajstić information content (AvgIpc) is 2.69. The van der Waals surface area contributed by atoms with Gasteiger partial charge in [0.25, 0.3) is 0 Å². The Morgan fingerprint density at radius 1 is 1.53 bits per heavy atom. The maximum Gasteiger partial charge on any atom is 0.242 e. The van der Waals surface area contributed by atoms with Crippen molar-refractivity contribution < 1.29 is 9.53 Å². The first-order valence-corrected chi connectivity index (χ1v) is 6.85. The van der Waals surface area contributed by atoms with Gasteiger partial charge >= 0.3 is 0 Å². The Kier molecular flexibility index (Phi) is 3.61. The van der Waals surface area contributed by atoms with E-state index in [9.17, 15) is 4.79 Å². The molecule has 6 heteroatoms. The van der Waals surface area contributed by atoms with Crippen molar-refractivity contribution in [2.24, 2.45) is 5.73 Å². The molecule has 3 N–H and O–H groups in total. The predicted octanol–water partition coefficient (Wildman–Crippen LogP) is 2.37. The Hall–Kier alpha value is -1.82. The van der Waals surface area contributed by atoms with Crippen LogP contribution in [0.25, 0.3) is 10.2 Å². The van der Waals surface area contributed by atoms with Crippen LogP contribution >= 0.6 is 11.3 Å². The Labute approximate surface area is 115 Å². The quantitative estimate of drug-likeness (QED) is 0.881. The van der Waals surface area contributed by atoms with Gasteiger partial charge in [0.05, 0.1) is 16.8 Å². The molecule has 0 atom stereocenters. The molecule has 0 bridgehead atoms.